The van der Waals surface area contributed by atoms with Gasteiger partial charge < -0.3 is 10.1 Å². The number of rotatable bonds is 3. The third kappa shape index (κ3) is 2.41. The van der Waals surface area contributed by atoms with E-state index in [2.05, 4.69) is 5.32 Å². The molecular weight excluding hydrogens is 217 g/mol. The van der Waals surface area contributed by atoms with Crippen LogP contribution in [0.15, 0.2) is 18.2 Å². The van der Waals surface area contributed by atoms with Crippen LogP contribution in [-0.2, 0) is 0 Å². The molecule has 0 aromatic heterocycles. The molecule has 15 heavy (non-hydrogen) atoms. The van der Waals surface area contributed by atoms with Crippen molar-refractivity contribution < 1.29 is 9.13 Å². The first-order valence-electron chi connectivity index (χ1n) is 4.98. The number of hydrogen-bond acceptors (Lipinski definition) is 2. The summed E-state index contributed by atoms with van der Waals surface area (Å²) < 4.78 is 18.5. The van der Waals surface area contributed by atoms with E-state index in [0.717, 1.165) is 12.8 Å². The van der Waals surface area contributed by atoms with E-state index in [0.29, 0.717) is 11.8 Å². The van der Waals surface area contributed by atoms with Gasteiger partial charge >= 0.3 is 0 Å². The lowest BCUT2D eigenvalue weighted by molar-refractivity contribution is 0.0884. The monoisotopic (exact) mass is 229 g/mol. The molecule has 0 unspecified atom stereocenters. The van der Waals surface area contributed by atoms with Gasteiger partial charge in [-0.05, 0) is 32.0 Å². The molecule has 4 heteroatoms. The predicted molar refractivity (Wildman–Crippen MR) is 57.9 cm³/mol. The summed E-state index contributed by atoms with van der Waals surface area (Å²) in [5.41, 5.74) is 0. The van der Waals surface area contributed by atoms with E-state index in [1.54, 1.807) is 6.07 Å². The van der Waals surface area contributed by atoms with Crippen molar-refractivity contribution in [3.8, 4) is 5.75 Å². The first-order valence-corrected chi connectivity index (χ1v) is 5.36. The van der Waals surface area contributed by atoms with Gasteiger partial charge in [0.05, 0.1) is 5.02 Å². The Hall–Kier alpha value is -0.800. The Morgan fingerprint density at radius 3 is 2.80 bits per heavy atom. The Balaban J connectivity index is 1.92. The van der Waals surface area contributed by atoms with Crippen LogP contribution < -0.4 is 10.1 Å². The SMILES string of the molecule is CNC1CC(Oc2ccc(F)c(Cl)c2)C1. The summed E-state index contributed by atoms with van der Waals surface area (Å²) in [6, 6.07) is 4.99. The van der Waals surface area contributed by atoms with Crippen LogP contribution >= 0.6 is 11.6 Å². The Bertz CT molecular complexity index is 352. The first kappa shape index (κ1) is 10.7. The van der Waals surface area contributed by atoms with Gasteiger partial charge in [-0.15, -0.1) is 0 Å². The van der Waals surface area contributed by atoms with Gasteiger partial charge in [0.1, 0.15) is 17.7 Å². The molecule has 1 saturated carbocycles. The molecule has 2 nitrogen and oxygen atoms in total. The van der Waals surface area contributed by atoms with E-state index in [9.17, 15) is 4.39 Å². The topological polar surface area (TPSA) is 21.3 Å². The number of hydrogen-bond donors (Lipinski definition) is 1. The average Bonchev–Trinajstić information content (AvgIpc) is 2.16. The maximum Gasteiger partial charge on any atom is 0.142 e. The van der Waals surface area contributed by atoms with Crippen LogP contribution in [-0.4, -0.2) is 19.2 Å². The molecule has 1 aliphatic rings. The lowest BCUT2D eigenvalue weighted by Crippen LogP contribution is -2.45. The number of nitrogens with one attached hydrogen (secondary N) is 1. The summed E-state index contributed by atoms with van der Waals surface area (Å²) in [6.07, 6.45) is 2.21. The Kier molecular flexibility index (Phi) is 3.12. The van der Waals surface area contributed by atoms with E-state index in [1.807, 2.05) is 7.05 Å². The second kappa shape index (κ2) is 4.37. The van der Waals surface area contributed by atoms with Gasteiger partial charge in [-0.25, -0.2) is 4.39 Å². The van der Waals surface area contributed by atoms with Gasteiger partial charge in [0.25, 0.3) is 0 Å². The van der Waals surface area contributed by atoms with Crippen LogP contribution in [0, 0.1) is 5.82 Å². The number of ether oxygens (including phenoxy) is 1. The highest BCUT2D eigenvalue weighted by Gasteiger charge is 2.29. The highest BCUT2D eigenvalue weighted by atomic mass is 35.5. The molecule has 2 rings (SSSR count). The smallest absolute Gasteiger partial charge is 0.142 e. The normalized spacial score (nSPS) is 24.7. The number of halogens is 2. The Labute approximate surface area is 93.4 Å². The van der Waals surface area contributed by atoms with E-state index < -0.39 is 5.82 Å². The van der Waals surface area contributed by atoms with Crippen LogP contribution in [0.4, 0.5) is 4.39 Å². The van der Waals surface area contributed by atoms with E-state index in [-0.39, 0.29) is 11.1 Å². The van der Waals surface area contributed by atoms with Crippen molar-refractivity contribution in [3.05, 3.63) is 29.0 Å². The lowest BCUT2D eigenvalue weighted by Gasteiger charge is -2.35. The van der Waals surface area contributed by atoms with Gasteiger partial charge in [-0.3, -0.25) is 0 Å². The fraction of sp³-hybridized carbons (Fsp3) is 0.455. The lowest BCUT2D eigenvalue weighted by atomic mass is 9.89. The molecule has 1 aromatic rings. The largest absolute Gasteiger partial charge is 0.490 e. The summed E-state index contributed by atoms with van der Waals surface area (Å²) in [4.78, 5) is 0. The van der Waals surface area contributed by atoms with Gasteiger partial charge in [0.15, 0.2) is 0 Å². The standard InChI is InChI=1S/C11H13ClFNO/c1-14-7-4-9(5-7)15-8-2-3-11(13)10(12)6-8/h2-3,6-7,9,14H,4-5H2,1H3. The minimum atomic E-state index is -0.411. The quantitative estimate of drug-likeness (QED) is 0.860. The van der Waals surface area contributed by atoms with Crippen LogP contribution in [0.3, 0.4) is 0 Å². The number of benzene rings is 1. The van der Waals surface area contributed by atoms with Crippen molar-refractivity contribution in [2.45, 2.75) is 25.0 Å². The van der Waals surface area contributed by atoms with Gasteiger partial charge in [-0.1, -0.05) is 11.6 Å². The summed E-state index contributed by atoms with van der Waals surface area (Å²) >= 11 is 5.65. The van der Waals surface area contributed by atoms with E-state index in [4.69, 9.17) is 16.3 Å². The van der Waals surface area contributed by atoms with Gasteiger partial charge in [0, 0.05) is 12.1 Å². The molecule has 0 spiro atoms. The molecule has 0 bridgehead atoms. The van der Waals surface area contributed by atoms with Crippen molar-refractivity contribution in [3.63, 3.8) is 0 Å². The molecule has 1 fully saturated rings. The maximum absolute atomic E-state index is 12.9. The highest BCUT2D eigenvalue weighted by molar-refractivity contribution is 6.30. The van der Waals surface area contributed by atoms with Gasteiger partial charge in [0.2, 0.25) is 0 Å². The molecule has 0 amide bonds. The molecule has 0 saturated heterocycles. The predicted octanol–water partition coefficient (Wildman–Crippen LogP) is 2.61. The zero-order chi connectivity index (χ0) is 10.8. The summed E-state index contributed by atoms with van der Waals surface area (Å²) in [5, 5.41) is 3.28. The van der Waals surface area contributed by atoms with E-state index >= 15 is 0 Å². The Morgan fingerprint density at radius 1 is 1.47 bits per heavy atom. The first-order chi connectivity index (χ1) is 7.19. The van der Waals surface area contributed by atoms with Crippen LogP contribution in [0.5, 0.6) is 5.75 Å². The van der Waals surface area contributed by atoms with Crippen LogP contribution in [0.1, 0.15) is 12.8 Å². The van der Waals surface area contributed by atoms with Crippen molar-refractivity contribution in [2.75, 3.05) is 7.05 Å². The van der Waals surface area contributed by atoms with Gasteiger partial charge in [-0.2, -0.15) is 0 Å². The second-order valence-corrected chi connectivity index (χ2v) is 4.18. The minimum absolute atomic E-state index is 0.108. The van der Waals surface area contributed by atoms with Crippen molar-refractivity contribution in [1.29, 1.82) is 0 Å². The van der Waals surface area contributed by atoms with E-state index in [1.165, 1.54) is 12.1 Å². The fourth-order valence-electron chi connectivity index (χ4n) is 1.64. The van der Waals surface area contributed by atoms with Crippen molar-refractivity contribution in [1.82, 2.24) is 5.32 Å². The fourth-order valence-corrected chi connectivity index (χ4v) is 1.81. The van der Waals surface area contributed by atoms with Crippen molar-refractivity contribution >= 4 is 11.6 Å². The molecule has 1 aliphatic carbocycles. The van der Waals surface area contributed by atoms with Crippen LogP contribution in [0.2, 0.25) is 5.02 Å². The Morgan fingerprint density at radius 2 is 2.20 bits per heavy atom. The summed E-state index contributed by atoms with van der Waals surface area (Å²) in [7, 11) is 1.94. The molecule has 1 N–H and O–H groups in total. The zero-order valence-electron chi connectivity index (χ0n) is 8.47. The third-order valence-corrected chi connectivity index (χ3v) is 2.99. The average molecular weight is 230 g/mol. The van der Waals surface area contributed by atoms with Crippen molar-refractivity contribution in [2.24, 2.45) is 0 Å². The maximum atomic E-state index is 12.9. The molecule has 0 aliphatic heterocycles. The molecule has 0 radical (unpaired) electrons. The molecule has 1 aromatic carbocycles. The molecule has 0 atom stereocenters. The second-order valence-electron chi connectivity index (χ2n) is 3.77. The molecular formula is C11H13ClFNO. The summed E-state index contributed by atoms with van der Waals surface area (Å²) in [6.45, 7) is 0. The molecule has 0 heterocycles. The minimum Gasteiger partial charge on any atom is -0.490 e. The summed E-state index contributed by atoms with van der Waals surface area (Å²) in [5.74, 6) is 0.228. The highest BCUT2D eigenvalue weighted by Crippen LogP contribution is 2.28. The zero-order valence-corrected chi connectivity index (χ0v) is 9.22. The van der Waals surface area contributed by atoms with Crippen LogP contribution in [0.25, 0.3) is 0 Å². The third-order valence-electron chi connectivity index (χ3n) is 2.70. The molecule has 82 valence electrons.